The summed E-state index contributed by atoms with van der Waals surface area (Å²) in [4.78, 5) is 5.15. The number of halogens is 2. The van der Waals surface area contributed by atoms with Gasteiger partial charge in [-0.3, -0.25) is 0 Å². The van der Waals surface area contributed by atoms with E-state index in [2.05, 4.69) is 4.98 Å². The van der Waals surface area contributed by atoms with Gasteiger partial charge in [0.25, 0.3) is 0 Å². The summed E-state index contributed by atoms with van der Waals surface area (Å²) in [6, 6.07) is 9.07. The Morgan fingerprint density at radius 3 is 2.50 bits per heavy atom. The molecule has 0 saturated carbocycles. The van der Waals surface area contributed by atoms with Gasteiger partial charge in [0, 0.05) is 30.7 Å². The highest BCUT2D eigenvalue weighted by Gasteiger charge is 2.05. The van der Waals surface area contributed by atoms with Crippen LogP contribution in [0.4, 0.5) is 20.2 Å². The van der Waals surface area contributed by atoms with Crippen LogP contribution >= 0.6 is 0 Å². The quantitative estimate of drug-likeness (QED) is 0.723. The van der Waals surface area contributed by atoms with Crippen LogP contribution in [-0.2, 0) is 0 Å². The summed E-state index contributed by atoms with van der Waals surface area (Å²) in [7, 11) is 1.74. The Bertz CT molecular complexity index is 454. The largest absolute Gasteiger partial charge is 0.344 e. The van der Waals surface area contributed by atoms with Crippen molar-refractivity contribution in [1.82, 2.24) is 4.98 Å². The number of hydrogen-bond donors (Lipinski definition) is 0. The molecule has 0 atom stereocenters. The molecule has 16 heavy (non-hydrogen) atoms. The Morgan fingerprint density at radius 1 is 1.06 bits per heavy atom. The van der Waals surface area contributed by atoms with Gasteiger partial charge in [-0.1, -0.05) is 6.07 Å². The van der Waals surface area contributed by atoms with Crippen LogP contribution in [0.2, 0.25) is 0 Å². The van der Waals surface area contributed by atoms with E-state index in [9.17, 15) is 8.78 Å². The van der Waals surface area contributed by atoms with Crippen LogP contribution in [0.3, 0.4) is 0 Å². The number of pyridine rings is 1. The second-order valence-corrected chi connectivity index (χ2v) is 3.38. The van der Waals surface area contributed by atoms with Crippen molar-refractivity contribution in [2.75, 3.05) is 11.9 Å². The lowest BCUT2D eigenvalue weighted by Crippen LogP contribution is -2.09. The first-order valence-electron chi connectivity index (χ1n) is 4.77. The molecule has 2 aromatic rings. The lowest BCUT2D eigenvalue weighted by atomic mass is 10.2. The van der Waals surface area contributed by atoms with Crippen LogP contribution in [0.25, 0.3) is 0 Å². The number of hydrogen-bond acceptors (Lipinski definition) is 2. The minimum atomic E-state index is -0.555. The summed E-state index contributed by atoms with van der Waals surface area (Å²) in [6.07, 6.45) is 1.38. The zero-order valence-corrected chi connectivity index (χ0v) is 8.69. The van der Waals surface area contributed by atoms with Gasteiger partial charge >= 0.3 is 0 Å². The maximum atomic E-state index is 13.0. The summed E-state index contributed by atoms with van der Waals surface area (Å²) in [5, 5.41) is 0. The highest BCUT2D eigenvalue weighted by Crippen LogP contribution is 2.23. The average molecular weight is 220 g/mol. The summed E-state index contributed by atoms with van der Waals surface area (Å²) < 4.78 is 25.9. The molecule has 0 unspecified atom stereocenters. The van der Waals surface area contributed by atoms with Crippen LogP contribution in [0.1, 0.15) is 0 Å². The third-order valence-corrected chi connectivity index (χ3v) is 2.29. The molecule has 0 aliphatic carbocycles. The molecular weight excluding hydrogens is 210 g/mol. The van der Waals surface area contributed by atoms with E-state index in [1.807, 2.05) is 0 Å². The topological polar surface area (TPSA) is 16.1 Å². The molecule has 0 bridgehead atoms. The van der Waals surface area contributed by atoms with Gasteiger partial charge in [-0.2, -0.15) is 4.39 Å². The summed E-state index contributed by atoms with van der Waals surface area (Å²) in [6.45, 7) is 0. The Balaban J connectivity index is 2.35. The summed E-state index contributed by atoms with van der Waals surface area (Å²) >= 11 is 0. The first-order chi connectivity index (χ1) is 7.66. The molecule has 0 aliphatic rings. The molecule has 1 heterocycles. The van der Waals surface area contributed by atoms with E-state index in [0.717, 1.165) is 0 Å². The summed E-state index contributed by atoms with van der Waals surface area (Å²) in [5.41, 5.74) is 1.28. The van der Waals surface area contributed by atoms with Crippen molar-refractivity contribution >= 4 is 11.4 Å². The molecule has 2 rings (SSSR count). The van der Waals surface area contributed by atoms with Crippen molar-refractivity contribution in [1.29, 1.82) is 0 Å². The first-order valence-corrected chi connectivity index (χ1v) is 4.77. The smallest absolute Gasteiger partial charge is 0.214 e. The van der Waals surface area contributed by atoms with Crippen LogP contribution in [0.5, 0.6) is 0 Å². The van der Waals surface area contributed by atoms with Crippen LogP contribution in [-0.4, -0.2) is 12.0 Å². The zero-order valence-electron chi connectivity index (χ0n) is 8.69. The average Bonchev–Trinajstić information content (AvgIpc) is 2.28. The van der Waals surface area contributed by atoms with E-state index in [1.165, 1.54) is 24.4 Å². The lowest BCUT2D eigenvalue weighted by molar-refractivity contribution is 0.584. The number of anilines is 2. The summed E-state index contributed by atoms with van der Waals surface area (Å²) in [5.74, 6) is -0.875. The molecule has 0 aliphatic heterocycles. The third kappa shape index (κ3) is 2.16. The second kappa shape index (κ2) is 4.26. The predicted octanol–water partition coefficient (Wildman–Crippen LogP) is 3.13. The molecular formula is C12H10F2N2. The maximum Gasteiger partial charge on any atom is 0.214 e. The molecule has 0 spiro atoms. The van der Waals surface area contributed by atoms with Gasteiger partial charge in [-0.15, -0.1) is 0 Å². The second-order valence-electron chi connectivity index (χ2n) is 3.38. The standard InChI is InChI=1S/C12H10F2N2/c1-16(10-4-2-3-9(13)7-10)11-5-6-15-12(14)8-11/h2-8H,1H3. The highest BCUT2D eigenvalue weighted by molar-refractivity contribution is 5.61. The Kier molecular flexibility index (Phi) is 2.81. The normalized spacial score (nSPS) is 10.2. The van der Waals surface area contributed by atoms with Crippen LogP contribution < -0.4 is 4.90 Å². The monoisotopic (exact) mass is 220 g/mol. The number of nitrogens with zero attached hydrogens (tertiary/aromatic N) is 2. The van der Waals surface area contributed by atoms with Crippen molar-refractivity contribution < 1.29 is 8.78 Å². The predicted molar refractivity (Wildman–Crippen MR) is 58.7 cm³/mol. The Labute approximate surface area is 92.2 Å². The van der Waals surface area contributed by atoms with Gasteiger partial charge < -0.3 is 4.90 Å². The van der Waals surface area contributed by atoms with Crippen molar-refractivity contribution in [3.8, 4) is 0 Å². The zero-order chi connectivity index (χ0) is 11.5. The van der Waals surface area contributed by atoms with E-state index in [4.69, 9.17) is 0 Å². The molecule has 0 saturated heterocycles. The van der Waals surface area contributed by atoms with Gasteiger partial charge in [-0.25, -0.2) is 9.37 Å². The van der Waals surface area contributed by atoms with Gasteiger partial charge in [-0.05, 0) is 24.3 Å². The molecule has 0 amide bonds. The molecule has 2 nitrogen and oxygen atoms in total. The number of benzene rings is 1. The lowest BCUT2D eigenvalue weighted by Gasteiger charge is -2.19. The van der Waals surface area contributed by atoms with E-state index in [1.54, 1.807) is 30.1 Å². The molecule has 82 valence electrons. The van der Waals surface area contributed by atoms with Crippen molar-refractivity contribution in [2.24, 2.45) is 0 Å². The van der Waals surface area contributed by atoms with E-state index in [0.29, 0.717) is 11.4 Å². The maximum absolute atomic E-state index is 13.0. The van der Waals surface area contributed by atoms with Crippen LogP contribution in [0, 0.1) is 11.8 Å². The minimum Gasteiger partial charge on any atom is -0.344 e. The third-order valence-electron chi connectivity index (χ3n) is 2.29. The Hall–Kier alpha value is -1.97. The van der Waals surface area contributed by atoms with E-state index >= 15 is 0 Å². The van der Waals surface area contributed by atoms with Gasteiger partial charge in [0.2, 0.25) is 5.95 Å². The van der Waals surface area contributed by atoms with Crippen LogP contribution in [0.15, 0.2) is 42.6 Å². The number of rotatable bonds is 2. The minimum absolute atomic E-state index is 0.320. The SMILES string of the molecule is CN(c1cccc(F)c1)c1ccnc(F)c1. The van der Waals surface area contributed by atoms with Crippen molar-refractivity contribution in [3.05, 3.63) is 54.4 Å². The van der Waals surface area contributed by atoms with Gasteiger partial charge in [0.15, 0.2) is 0 Å². The van der Waals surface area contributed by atoms with Gasteiger partial charge in [0.1, 0.15) is 5.82 Å². The van der Waals surface area contributed by atoms with Crippen molar-refractivity contribution in [3.63, 3.8) is 0 Å². The van der Waals surface area contributed by atoms with Gasteiger partial charge in [0.05, 0.1) is 0 Å². The first kappa shape index (κ1) is 10.5. The Morgan fingerprint density at radius 2 is 1.81 bits per heavy atom. The van der Waals surface area contributed by atoms with E-state index < -0.39 is 5.95 Å². The molecule has 1 aromatic heterocycles. The van der Waals surface area contributed by atoms with Crippen molar-refractivity contribution in [2.45, 2.75) is 0 Å². The molecule has 0 radical (unpaired) electrons. The fraction of sp³-hybridized carbons (Fsp3) is 0.0833. The molecule has 4 heteroatoms. The molecule has 1 aromatic carbocycles. The molecule has 0 N–H and O–H groups in total. The fourth-order valence-electron chi connectivity index (χ4n) is 1.43. The molecule has 0 fully saturated rings. The number of aromatic nitrogens is 1. The highest BCUT2D eigenvalue weighted by atomic mass is 19.1. The van der Waals surface area contributed by atoms with E-state index in [-0.39, 0.29) is 5.82 Å². The fourth-order valence-corrected chi connectivity index (χ4v) is 1.43.